The van der Waals surface area contributed by atoms with E-state index in [0.717, 1.165) is 0 Å². The van der Waals surface area contributed by atoms with E-state index < -0.39 is 26.7 Å². The van der Waals surface area contributed by atoms with E-state index in [1.165, 1.54) is 18.2 Å². The first kappa shape index (κ1) is 27.1. The summed E-state index contributed by atoms with van der Waals surface area (Å²) in [7, 11) is -4.69. The molecule has 0 heterocycles. The second-order valence-corrected chi connectivity index (χ2v) is 9.94. The summed E-state index contributed by atoms with van der Waals surface area (Å²) in [6.45, 7) is 4.02. The molecular formula is C27H24ClN3O6S. The Bertz CT molecular complexity index is 1670. The maximum Gasteiger partial charge on any atom is 0.297 e. The molecule has 4 aromatic rings. The molecule has 0 aliphatic heterocycles. The lowest BCUT2D eigenvalue weighted by Gasteiger charge is -2.12. The Morgan fingerprint density at radius 3 is 2.45 bits per heavy atom. The Labute approximate surface area is 224 Å². The van der Waals surface area contributed by atoms with Gasteiger partial charge in [-0.3, -0.25) is 9.35 Å². The molecule has 0 spiro atoms. The van der Waals surface area contributed by atoms with Crippen molar-refractivity contribution in [2.24, 2.45) is 10.2 Å². The molecule has 11 heteroatoms. The molecule has 4 rings (SSSR count). The summed E-state index contributed by atoms with van der Waals surface area (Å²) in [5, 5.41) is 23.0. The minimum absolute atomic E-state index is 0.0644. The molecule has 0 aliphatic carbocycles. The van der Waals surface area contributed by atoms with Gasteiger partial charge in [-0.2, -0.15) is 8.42 Å². The van der Waals surface area contributed by atoms with Crippen LogP contribution in [0.15, 0.2) is 81.9 Å². The number of carbonyl (C=O) groups is 1. The number of phenolic OH excluding ortho intramolecular Hbond substituents is 1. The molecule has 0 aromatic heterocycles. The van der Waals surface area contributed by atoms with E-state index in [1.54, 1.807) is 55.5 Å². The van der Waals surface area contributed by atoms with Crippen LogP contribution in [-0.4, -0.2) is 30.6 Å². The van der Waals surface area contributed by atoms with Crippen molar-refractivity contribution in [1.82, 2.24) is 0 Å². The zero-order valence-corrected chi connectivity index (χ0v) is 22.0. The number of phenols is 1. The van der Waals surface area contributed by atoms with Crippen molar-refractivity contribution in [2.75, 3.05) is 11.9 Å². The molecular weight excluding hydrogens is 530 g/mol. The van der Waals surface area contributed by atoms with Crippen molar-refractivity contribution in [2.45, 2.75) is 25.2 Å². The largest absolute Gasteiger partial charge is 0.505 e. The van der Waals surface area contributed by atoms with Gasteiger partial charge in [0.25, 0.3) is 16.0 Å². The summed E-state index contributed by atoms with van der Waals surface area (Å²) >= 11 is 6.23. The van der Waals surface area contributed by atoms with Crippen LogP contribution in [-0.2, 0) is 16.5 Å². The number of rotatable bonds is 8. The number of carbonyl (C=O) groups excluding carboxylic acids is 1. The number of hydrogen-bond donors (Lipinski definition) is 3. The highest BCUT2D eigenvalue weighted by Gasteiger charge is 2.24. The van der Waals surface area contributed by atoms with Crippen molar-refractivity contribution in [1.29, 1.82) is 0 Å². The van der Waals surface area contributed by atoms with E-state index in [4.69, 9.17) is 16.3 Å². The number of aryl methyl sites for hydroxylation is 1. The highest BCUT2D eigenvalue weighted by molar-refractivity contribution is 7.86. The van der Waals surface area contributed by atoms with Crippen LogP contribution in [0.4, 0.5) is 17.1 Å². The van der Waals surface area contributed by atoms with Crippen molar-refractivity contribution < 1.29 is 27.6 Å². The number of halogens is 1. The van der Waals surface area contributed by atoms with Crippen LogP contribution in [0.5, 0.6) is 11.5 Å². The van der Waals surface area contributed by atoms with Gasteiger partial charge in [-0.1, -0.05) is 54.9 Å². The Balaban J connectivity index is 1.83. The van der Waals surface area contributed by atoms with Crippen molar-refractivity contribution in [3.63, 3.8) is 0 Å². The normalized spacial score (nSPS) is 11.7. The second kappa shape index (κ2) is 11.2. The van der Waals surface area contributed by atoms with Gasteiger partial charge >= 0.3 is 0 Å². The van der Waals surface area contributed by atoms with Gasteiger partial charge in [-0.05, 0) is 48.6 Å². The maximum atomic E-state index is 13.2. The predicted molar refractivity (Wildman–Crippen MR) is 146 cm³/mol. The van der Waals surface area contributed by atoms with E-state index in [9.17, 15) is 22.9 Å². The zero-order valence-electron chi connectivity index (χ0n) is 20.5. The number of nitrogens with one attached hydrogen (secondary N) is 1. The third kappa shape index (κ3) is 5.62. The molecule has 0 unspecified atom stereocenters. The Kier molecular flexibility index (Phi) is 7.96. The fourth-order valence-corrected chi connectivity index (χ4v) is 5.16. The molecule has 0 aliphatic rings. The molecule has 4 aromatic carbocycles. The van der Waals surface area contributed by atoms with Gasteiger partial charge < -0.3 is 15.2 Å². The molecule has 0 radical (unpaired) electrons. The Hall–Kier alpha value is -3.99. The van der Waals surface area contributed by atoms with E-state index >= 15 is 0 Å². The van der Waals surface area contributed by atoms with Crippen LogP contribution in [0.1, 0.15) is 29.8 Å². The smallest absolute Gasteiger partial charge is 0.297 e. The van der Waals surface area contributed by atoms with Crippen LogP contribution < -0.4 is 10.1 Å². The van der Waals surface area contributed by atoms with E-state index in [2.05, 4.69) is 15.5 Å². The minimum atomic E-state index is -4.69. The molecule has 0 saturated carbocycles. The SMILES string of the molecule is CCOc1cccc(NC(=O)c2cc3ccccc3c(N=Nc3c(Cl)ccc(CC)c3S(=O)(=O)O)c2O)c1. The average Bonchev–Trinajstić information content (AvgIpc) is 2.88. The predicted octanol–water partition coefficient (Wildman–Crippen LogP) is 7.07. The highest BCUT2D eigenvalue weighted by Crippen LogP contribution is 2.42. The summed E-state index contributed by atoms with van der Waals surface area (Å²) in [6, 6.07) is 18.1. The molecule has 38 heavy (non-hydrogen) atoms. The van der Waals surface area contributed by atoms with Gasteiger partial charge in [0.2, 0.25) is 0 Å². The van der Waals surface area contributed by atoms with Gasteiger partial charge in [0.15, 0.2) is 5.75 Å². The lowest BCUT2D eigenvalue weighted by atomic mass is 10.0. The fourth-order valence-electron chi connectivity index (χ4n) is 3.97. The maximum absolute atomic E-state index is 13.2. The second-order valence-electron chi connectivity index (χ2n) is 8.17. The van der Waals surface area contributed by atoms with Crippen molar-refractivity contribution in [3.8, 4) is 11.5 Å². The van der Waals surface area contributed by atoms with Crippen LogP contribution in [0.25, 0.3) is 10.8 Å². The van der Waals surface area contributed by atoms with Crippen LogP contribution in [0.3, 0.4) is 0 Å². The zero-order chi connectivity index (χ0) is 27.4. The van der Waals surface area contributed by atoms with E-state index in [0.29, 0.717) is 34.4 Å². The molecule has 0 atom stereocenters. The van der Waals surface area contributed by atoms with Gasteiger partial charge in [-0.25, -0.2) is 0 Å². The third-order valence-corrected chi connectivity index (χ3v) is 6.97. The number of ether oxygens (including phenoxy) is 1. The number of anilines is 1. The molecule has 0 saturated heterocycles. The van der Waals surface area contributed by atoms with Gasteiger partial charge in [0, 0.05) is 17.1 Å². The number of amides is 1. The summed E-state index contributed by atoms with van der Waals surface area (Å²) in [4.78, 5) is 12.7. The minimum Gasteiger partial charge on any atom is -0.505 e. The lowest BCUT2D eigenvalue weighted by Crippen LogP contribution is -2.12. The number of hydrogen-bond acceptors (Lipinski definition) is 7. The van der Waals surface area contributed by atoms with Crippen molar-refractivity contribution in [3.05, 3.63) is 82.9 Å². The first-order valence-corrected chi connectivity index (χ1v) is 13.4. The first-order valence-electron chi connectivity index (χ1n) is 11.6. The molecule has 0 bridgehead atoms. The fraction of sp³-hybridized carbons (Fsp3) is 0.148. The van der Waals surface area contributed by atoms with Crippen LogP contribution in [0.2, 0.25) is 5.02 Å². The highest BCUT2D eigenvalue weighted by atomic mass is 35.5. The topological polar surface area (TPSA) is 138 Å². The van der Waals surface area contributed by atoms with Gasteiger partial charge in [0.05, 0.1) is 17.2 Å². The van der Waals surface area contributed by atoms with E-state index in [1.807, 2.05) is 6.92 Å². The summed E-state index contributed by atoms with van der Waals surface area (Å²) in [5.41, 5.74) is 0.318. The quantitative estimate of drug-likeness (QED) is 0.157. The van der Waals surface area contributed by atoms with E-state index in [-0.39, 0.29) is 28.4 Å². The molecule has 1 amide bonds. The Morgan fingerprint density at radius 1 is 1.00 bits per heavy atom. The van der Waals surface area contributed by atoms with Gasteiger partial charge in [0.1, 0.15) is 22.0 Å². The number of aromatic hydroxyl groups is 1. The first-order chi connectivity index (χ1) is 18.1. The number of benzene rings is 4. The summed E-state index contributed by atoms with van der Waals surface area (Å²) < 4.78 is 39.6. The standard InChI is InChI=1S/C27H24ClN3O6S/c1-3-16-12-13-22(28)24(26(16)38(34,35)36)31-30-23-20-11-6-5-8-17(20)14-21(25(23)32)27(33)29-18-9-7-10-19(15-18)37-4-2/h5-15,32H,3-4H2,1-2H3,(H,29,33)(H,34,35,36). The lowest BCUT2D eigenvalue weighted by molar-refractivity contribution is 0.102. The summed E-state index contributed by atoms with van der Waals surface area (Å²) in [5.74, 6) is -0.506. The van der Waals surface area contributed by atoms with Crippen molar-refractivity contribution >= 4 is 55.5 Å². The number of azo groups is 1. The average molecular weight is 554 g/mol. The molecule has 3 N–H and O–H groups in total. The van der Waals surface area contributed by atoms with Crippen LogP contribution in [0, 0.1) is 0 Å². The molecule has 9 nitrogen and oxygen atoms in total. The Morgan fingerprint density at radius 2 is 1.74 bits per heavy atom. The van der Waals surface area contributed by atoms with Gasteiger partial charge in [-0.15, -0.1) is 10.2 Å². The molecule has 0 fully saturated rings. The van der Waals surface area contributed by atoms with Crippen LogP contribution >= 0.6 is 11.6 Å². The number of fused-ring (bicyclic) bond motifs is 1. The monoisotopic (exact) mass is 553 g/mol. The summed E-state index contributed by atoms with van der Waals surface area (Å²) in [6.07, 6.45) is 0.281. The third-order valence-electron chi connectivity index (χ3n) is 5.70. The number of nitrogens with zero attached hydrogens (tertiary/aromatic N) is 2. The molecule has 196 valence electrons.